The molecule has 0 N–H and O–H groups in total. The van der Waals surface area contributed by atoms with Crippen molar-refractivity contribution >= 4 is 43.5 Å². The monoisotopic (exact) mass is 412 g/mol. The van der Waals surface area contributed by atoms with Crippen LogP contribution < -0.4 is 0 Å². The average Bonchev–Trinajstić information content (AvgIpc) is 2.89. The van der Waals surface area contributed by atoms with Crippen LogP contribution in [0.5, 0.6) is 0 Å². The van der Waals surface area contributed by atoms with Gasteiger partial charge in [0.25, 0.3) is 10.0 Å². The molecule has 108 valence electrons. The van der Waals surface area contributed by atoms with Gasteiger partial charge in [0.05, 0.1) is 16.6 Å². The smallest absolute Gasteiger partial charge is 0.199 e. The molecular formula is C15H13IN2O2S. The second-order valence-electron chi connectivity index (χ2n) is 4.93. The molecule has 0 bridgehead atoms. The van der Waals surface area contributed by atoms with Gasteiger partial charge in [-0.3, -0.25) is 0 Å². The SMILES string of the molecule is Cc1ccc(S(=O)(=O)n2ncc3c(I)c(C)ccc32)cc1. The second kappa shape index (κ2) is 5.10. The minimum atomic E-state index is -3.67. The number of fused-ring (bicyclic) bond motifs is 1. The Labute approximate surface area is 137 Å². The summed E-state index contributed by atoms with van der Waals surface area (Å²) in [6.07, 6.45) is 1.61. The Kier molecular flexibility index (Phi) is 3.53. The number of rotatable bonds is 2. The lowest BCUT2D eigenvalue weighted by atomic mass is 10.2. The van der Waals surface area contributed by atoms with Gasteiger partial charge in [-0.25, -0.2) is 0 Å². The quantitative estimate of drug-likeness (QED) is 0.606. The summed E-state index contributed by atoms with van der Waals surface area (Å²) in [6.45, 7) is 3.91. The van der Waals surface area contributed by atoms with Crippen molar-refractivity contribution in [2.24, 2.45) is 0 Å². The van der Waals surface area contributed by atoms with Gasteiger partial charge in [-0.2, -0.15) is 17.6 Å². The fraction of sp³-hybridized carbons (Fsp3) is 0.133. The fourth-order valence-corrected chi connectivity index (χ4v) is 4.02. The first-order chi connectivity index (χ1) is 9.91. The van der Waals surface area contributed by atoms with Crippen LogP contribution in [0.1, 0.15) is 11.1 Å². The van der Waals surface area contributed by atoms with E-state index in [9.17, 15) is 8.42 Å². The standard InChI is InChI=1S/C15H13IN2O2S/c1-10-3-6-12(7-4-10)21(19,20)18-14-8-5-11(2)15(16)13(14)9-17-18/h3-9H,1-2H3. The number of aromatic nitrogens is 2. The number of aryl methyl sites for hydroxylation is 2. The fourth-order valence-electron chi connectivity index (χ4n) is 2.16. The van der Waals surface area contributed by atoms with E-state index in [-0.39, 0.29) is 4.90 Å². The Bertz CT molecular complexity index is 928. The summed E-state index contributed by atoms with van der Waals surface area (Å²) < 4.78 is 27.6. The maximum Gasteiger partial charge on any atom is 0.283 e. The van der Waals surface area contributed by atoms with E-state index in [1.165, 1.54) is 0 Å². The summed E-state index contributed by atoms with van der Waals surface area (Å²) in [4.78, 5) is 0.244. The third-order valence-electron chi connectivity index (χ3n) is 3.39. The van der Waals surface area contributed by atoms with Gasteiger partial charge in [0.2, 0.25) is 0 Å². The summed E-state index contributed by atoms with van der Waals surface area (Å²) in [5.74, 6) is 0. The molecular weight excluding hydrogens is 399 g/mol. The Morgan fingerprint density at radius 1 is 1.05 bits per heavy atom. The lowest BCUT2D eigenvalue weighted by Crippen LogP contribution is -2.14. The second-order valence-corrected chi connectivity index (χ2v) is 7.78. The van der Waals surface area contributed by atoms with Crippen LogP contribution in [0.3, 0.4) is 0 Å². The third-order valence-corrected chi connectivity index (χ3v) is 6.44. The molecule has 0 aliphatic heterocycles. The van der Waals surface area contributed by atoms with E-state index in [4.69, 9.17) is 0 Å². The van der Waals surface area contributed by atoms with Crippen LogP contribution in [-0.4, -0.2) is 17.6 Å². The summed E-state index contributed by atoms with van der Waals surface area (Å²) >= 11 is 2.22. The van der Waals surface area contributed by atoms with Gasteiger partial charge in [-0.15, -0.1) is 0 Å². The average molecular weight is 412 g/mol. The molecule has 0 saturated heterocycles. The molecule has 6 heteroatoms. The van der Waals surface area contributed by atoms with Crippen molar-refractivity contribution in [3.8, 4) is 0 Å². The molecule has 0 fully saturated rings. The number of hydrogen-bond acceptors (Lipinski definition) is 3. The van der Waals surface area contributed by atoms with Gasteiger partial charge in [0.15, 0.2) is 0 Å². The molecule has 0 spiro atoms. The van der Waals surface area contributed by atoms with Crippen LogP contribution in [-0.2, 0) is 10.0 Å². The molecule has 0 aliphatic carbocycles. The molecule has 0 unspecified atom stereocenters. The van der Waals surface area contributed by atoms with Crippen LogP contribution in [0.2, 0.25) is 0 Å². The zero-order valence-corrected chi connectivity index (χ0v) is 14.5. The van der Waals surface area contributed by atoms with E-state index >= 15 is 0 Å². The van der Waals surface area contributed by atoms with Crippen molar-refractivity contribution in [1.29, 1.82) is 0 Å². The Hall–Kier alpha value is -1.41. The molecule has 1 aromatic heterocycles. The van der Waals surface area contributed by atoms with Gasteiger partial charge < -0.3 is 0 Å². The van der Waals surface area contributed by atoms with E-state index in [1.54, 1.807) is 36.5 Å². The van der Waals surface area contributed by atoms with Gasteiger partial charge in [0.1, 0.15) is 0 Å². The third kappa shape index (κ3) is 2.36. The van der Waals surface area contributed by atoms with Crippen LogP contribution in [0.15, 0.2) is 47.5 Å². The summed E-state index contributed by atoms with van der Waals surface area (Å²) in [7, 11) is -3.67. The van der Waals surface area contributed by atoms with Crippen LogP contribution in [0.25, 0.3) is 10.9 Å². The first-order valence-corrected chi connectivity index (χ1v) is 8.88. The zero-order chi connectivity index (χ0) is 15.2. The molecule has 0 amide bonds. The maximum absolute atomic E-state index is 12.7. The Balaban J connectivity index is 2.25. The maximum atomic E-state index is 12.7. The Morgan fingerprint density at radius 2 is 1.71 bits per heavy atom. The van der Waals surface area contributed by atoms with Crippen molar-refractivity contribution < 1.29 is 8.42 Å². The summed E-state index contributed by atoms with van der Waals surface area (Å²) in [6, 6.07) is 10.5. The predicted octanol–water partition coefficient (Wildman–Crippen LogP) is 3.49. The first-order valence-electron chi connectivity index (χ1n) is 6.36. The molecule has 3 rings (SSSR count). The largest absolute Gasteiger partial charge is 0.283 e. The lowest BCUT2D eigenvalue weighted by Gasteiger charge is -2.07. The molecule has 4 nitrogen and oxygen atoms in total. The molecule has 0 saturated carbocycles. The van der Waals surface area contributed by atoms with E-state index in [0.29, 0.717) is 5.52 Å². The number of benzene rings is 2. The van der Waals surface area contributed by atoms with Crippen molar-refractivity contribution in [2.75, 3.05) is 0 Å². The topological polar surface area (TPSA) is 52.0 Å². The highest BCUT2D eigenvalue weighted by atomic mass is 127. The van der Waals surface area contributed by atoms with Crippen LogP contribution in [0, 0.1) is 17.4 Å². The Morgan fingerprint density at radius 3 is 2.38 bits per heavy atom. The molecule has 1 heterocycles. The number of halogens is 1. The van der Waals surface area contributed by atoms with E-state index in [1.807, 2.05) is 19.9 Å². The van der Waals surface area contributed by atoms with Gasteiger partial charge in [0, 0.05) is 8.96 Å². The van der Waals surface area contributed by atoms with E-state index < -0.39 is 10.0 Å². The molecule has 0 atom stereocenters. The van der Waals surface area contributed by atoms with E-state index in [0.717, 1.165) is 24.2 Å². The summed E-state index contributed by atoms with van der Waals surface area (Å²) in [5, 5.41) is 4.94. The highest BCUT2D eigenvalue weighted by Gasteiger charge is 2.21. The van der Waals surface area contributed by atoms with Crippen molar-refractivity contribution in [2.45, 2.75) is 18.7 Å². The molecule has 3 aromatic rings. The minimum Gasteiger partial charge on any atom is -0.199 e. The summed E-state index contributed by atoms with van der Waals surface area (Å²) in [5.41, 5.74) is 2.73. The van der Waals surface area contributed by atoms with Crippen molar-refractivity contribution in [1.82, 2.24) is 9.19 Å². The molecule has 0 radical (unpaired) electrons. The van der Waals surface area contributed by atoms with E-state index in [2.05, 4.69) is 27.7 Å². The molecule has 2 aromatic carbocycles. The minimum absolute atomic E-state index is 0.244. The highest BCUT2D eigenvalue weighted by molar-refractivity contribution is 14.1. The first kappa shape index (κ1) is 14.5. The number of nitrogens with zero attached hydrogens (tertiary/aromatic N) is 2. The van der Waals surface area contributed by atoms with Crippen LogP contribution >= 0.6 is 22.6 Å². The van der Waals surface area contributed by atoms with Crippen molar-refractivity contribution in [3.05, 3.63) is 57.3 Å². The lowest BCUT2D eigenvalue weighted by molar-refractivity contribution is 0.582. The number of hydrogen-bond donors (Lipinski definition) is 0. The van der Waals surface area contributed by atoms with Crippen molar-refractivity contribution in [3.63, 3.8) is 0 Å². The molecule has 21 heavy (non-hydrogen) atoms. The highest BCUT2D eigenvalue weighted by Crippen LogP contribution is 2.26. The zero-order valence-electron chi connectivity index (χ0n) is 11.5. The van der Waals surface area contributed by atoms with Gasteiger partial charge in [-0.05, 0) is 60.2 Å². The van der Waals surface area contributed by atoms with Crippen LogP contribution in [0.4, 0.5) is 0 Å². The molecule has 0 aliphatic rings. The van der Waals surface area contributed by atoms with Gasteiger partial charge >= 0.3 is 0 Å². The predicted molar refractivity (Wildman–Crippen MR) is 90.9 cm³/mol. The van der Waals surface area contributed by atoms with Gasteiger partial charge in [-0.1, -0.05) is 23.8 Å². The normalized spacial score (nSPS) is 12.0.